The second kappa shape index (κ2) is 6.52. The van der Waals surface area contributed by atoms with Crippen molar-refractivity contribution in [3.8, 4) is 0 Å². The summed E-state index contributed by atoms with van der Waals surface area (Å²) in [7, 11) is -2.22. The van der Waals surface area contributed by atoms with Crippen LogP contribution < -0.4 is 16.0 Å². The molecule has 0 amide bonds. The van der Waals surface area contributed by atoms with Crippen LogP contribution in [0.2, 0.25) is 0 Å². The van der Waals surface area contributed by atoms with E-state index < -0.39 is 10.0 Å². The fourth-order valence-electron chi connectivity index (χ4n) is 1.65. The number of anilines is 2. The lowest BCUT2D eigenvalue weighted by Crippen LogP contribution is -2.18. The summed E-state index contributed by atoms with van der Waals surface area (Å²) in [5.74, 6) is 5.33. The highest BCUT2D eigenvalue weighted by molar-refractivity contribution is 7.92. The first kappa shape index (κ1) is 15.2. The van der Waals surface area contributed by atoms with Crippen LogP contribution in [0.4, 0.5) is 11.5 Å². The minimum Gasteiger partial charge on any atom is -0.383 e. The van der Waals surface area contributed by atoms with Crippen LogP contribution >= 0.6 is 0 Å². The Morgan fingerprint density at radius 1 is 1.48 bits per heavy atom. The van der Waals surface area contributed by atoms with E-state index in [1.807, 2.05) is 0 Å². The van der Waals surface area contributed by atoms with Gasteiger partial charge in [-0.05, 0) is 12.1 Å². The van der Waals surface area contributed by atoms with Gasteiger partial charge in [-0.2, -0.15) is 5.10 Å². The average molecular weight is 312 g/mol. The zero-order chi connectivity index (χ0) is 15.3. The van der Waals surface area contributed by atoms with E-state index in [0.29, 0.717) is 18.8 Å². The van der Waals surface area contributed by atoms with Gasteiger partial charge < -0.3 is 10.2 Å². The van der Waals surface area contributed by atoms with Crippen molar-refractivity contribution in [2.24, 2.45) is 5.84 Å². The number of hydrogen-bond acceptors (Lipinski definition) is 7. The summed E-state index contributed by atoms with van der Waals surface area (Å²) >= 11 is 0. The third-order valence-electron chi connectivity index (χ3n) is 2.61. The smallest absolute Gasteiger partial charge is 0.265 e. The second-order valence-electron chi connectivity index (χ2n) is 4.08. The first-order valence-electron chi connectivity index (χ1n) is 6.02. The molecule has 0 aliphatic rings. The summed E-state index contributed by atoms with van der Waals surface area (Å²) < 4.78 is 33.5. The lowest BCUT2D eigenvalue weighted by Gasteiger charge is -2.09. The minimum atomic E-state index is -3.80. The molecular formula is C11H16N6O3S. The van der Waals surface area contributed by atoms with Crippen molar-refractivity contribution in [2.75, 3.05) is 23.9 Å². The standard InChI is InChI=1S/C11H16N6O3S/c1-20-6-5-17-8-9(7-14-17)16-21(18,19)10-3-2-4-13-11(10)15-12/h2-4,7-8,16H,5-6,12H2,1H3,(H,13,15). The second-order valence-corrected chi connectivity index (χ2v) is 5.74. The maximum absolute atomic E-state index is 12.3. The number of rotatable bonds is 7. The van der Waals surface area contributed by atoms with Gasteiger partial charge in [-0.3, -0.25) is 9.40 Å². The molecule has 9 nitrogen and oxygen atoms in total. The first-order chi connectivity index (χ1) is 10.1. The van der Waals surface area contributed by atoms with E-state index in [4.69, 9.17) is 10.6 Å². The summed E-state index contributed by atoms with van der Waals surface area (Å²) in [6.45, 7) is 1.01. The fourth-order valence-corrected chi connectivity index (χ4v) is 2.80. The predicted octanol–water partition coefficient (Wildman–Crippen LogP) is 0.0109. The lowest BCUT2D eigenvalue weighted by atomic mass is 10.5. The molecular weight excluding hydrogens is 296 g/mol. The average Bonchev–Trinajstić information content (AvgIpc) is 2.91. The highest BCUT2D eigenvalue weighted by Gasteiger charge is 2.19. The van der Waals surface area contributed by atoms with Crippen molar-refractivity contribution in [3.05, 3.63) is 30.7 Å². The van der Waals surface area contributed by atoms with Gasteiger partial charge in [0.2, 0.25) is 0 Å². The van der Waals surface area contributed by atoms with E-state index in [9.17, 15) is 8.42 Å². The van der Waals surface area contributed by atoms with Crippen LogP contribution in [0.15, 0.2) is 35.6 Å². The molecule has 2 heterocycles. The quantitative estimate of drug-likeness (QED) is 0.486. The van der Waals surface area contributed by atoms with Crippen LogP contribution in [-0.2, 0) is 21.3 Å². The van der Waals surface area contributed by atoms with Gasteiger partial charge in [-0.25, -0.2) is 19.2 Å². The molecule has 2 aromatic rings. The van der Waals surface area contributed by atoms with E-state index in [1.165, 1.54) is 24.5 Å². The zero-order valence-electron chi connectivity index (χ0n) is 11.4. The number of pyridine rings is 1. The van der Waals surface area contributed by atoms with Gasteiger partial charge in [0.25, 0.3) is 10.0 Å². The molecule has 2 aromatic heterocycles. The minimum absolute atomic E-state index is 0.0443. The zero-order valence-corrected chi connectivity index (χ0v) is 12.2. The molecule has 4 N–H and O–H groups in total. The van der Waals surface area contributed by atoms with E-state index in [2.05, 4.69) is 20.2 Å². The van der Waals surface area contributed by atoms with Gasteiger partial charge in [-0.1, -0.05) is 0 Å². The number of nitrogens with one attached hydrogen (secondary N) is 2. The van der Waals surface area contributed by atoms with E-state index >= 15 is 0 Å². The van der Waals surface area contributed by atoms with Crippen LogP contribution in [0.3, 0.4) is 0 Å². The molecule has 0 bridgehead atoms. The van der Waals surface area contributed by atoms with Gasteiger partial charge in [-0.15, -0.1) is 0 Å². The topological polar surface area (TPSA) is 124 Å². The van der Waals surface area contributed by atoms with Gasteiger partial charge in [0.05, 0.1) is 25.0 Å². The molecule has 0 aromatic carbocycles. The number of methoxy groups -OCH3 is 1. The van der Waals surface area contributed by atoms with Gasteiger partial charge >= 0.3 is 0 Å². The normalized spacial score (nSPS) is 11.3. The summed E-state index contributed by atoms with van der Waals surface area (Å²) in [4.78, 5) is 3.81. The van der Waals surface area contributed by atoms with E-state index in [-0.39, 0.29) is 10.7 Å². The molecule has 0 radical (unpaired) electrons. The van der Waals surface area contributed by atoms with Crippen LogP contribution in [0, 0.1) is 0 Å². The molecule has 0 saturated heterocycles. The van der Waals surface area contributed by atoms with Crippen molar-refractivity contribution >= 4 is 21.5 Å². The number of aromatic nitrogens is 3. The molecule has 10 heteroatoms. The first-order valence-corrected chi connectivity index (χ1v) is 7.51. The Morgan fingerprint density at radius 2 is 2.29 bits per heavy atom. The molecule has 2 rings (SSSR count). The van der Waals surface area contributed by atoms with Crippen molar-refractivity contribution < 1.29 is 13.2 Å². The molecule has 0 atom stereocenters. The monoisotopic (exact) mass is 312 g/mol. The maximum atomic E-state index is 12.3. The molecule has 0 aliphatic heterocycles. The third kappa shape index (κ3) is 3.68. The number of nitrogen functional groups attached to an aromatic ring is 1. The van der Waals surface area contributed by atoms with Crippen molar-refractivity contribution in [2.45, 2.75) is 11.4 Å². The largest absolute Gasteiger partial charge is 0.383 e. The number of sulfonamides is 1. The Hall–Kier alpha value is -2.17. The lowest BCUT2D eigenvalue weighted by molar-refractivity contribution is 0.183. The molecule has 0 spiro atoms. The number of hydrazine groups is 1. The summed E-state index contributed by atoms with van der Waals surface area (Å²) in [6, 6.07) is 2.91. The fraction of sp³-hybridized carbons (Fsp3) is 0.273. The Balaban J connectivity index is 2.19. The van der Waals surface area contributed by atoms with Crippen molar-refractivity contribution in [3.63, 3.8) is 0 Å². The van der Waals surface area contributed by atoms with Crippen LogP contribution in [0.1, 0.15) is 0 Å². The highest BCUT2D eigenvalue weighted by Crippen LogP contribution is 2.20. The molecule has 21 heavy (non-hydrogen) atoms. The van der Waals surface area contributed by atoms with Crippen molar-refractivity contribution in [1.82, 2.24) is 14.8 Å². The molecule has 0 saturated carbocycles. The Bertz CT molecular complexity index is 699. The summed E-state index contributed by atoms with van der Waals surface area (Å²) in [5.41, 5.74) is 2.60. The summed E-state index contributed by atoms with van der Waals surface area (Å²) in [5, 5.41) is 4.03. The van der Waals surface area contributed by atoms with Gasteiger partial charge in [0.15, 0.2) is 5.82 Å². The Kier molecular flexibility index (Phi) is 4.73. The molecule has 0 fully saturated rings. The van der Waals surface area contributed by atoms with E-state index in [0.717, 1.165) is 0 Å². The molecule has 0 unspecified atom stereocenters. The van der Waals surface area contributed by atoms with Gasteiger partial charge in [0.1, 0.15) is 4.90 Å². The highest BCUT2D eigenvalue weighted by atomic mass is 32.2. The van der Waals surface area contributed by atoms with Crippen LogP contribution in [0.25, 0.3) is 0 Å². The number of ether oxygens (including phenoxy) is 1. The van der Waals surface area contributed by atoms with Gasteiger partial charge in [0, 0.05) is 19.5 Å². The number of nitrogens with two attached hydrogens (primary N) is 1. The van der Waals surface area contributed by atoms with Crippen LogP contribution in [0.5, 0.6) is 0 Å². The number of nitrogens with zero attached hydrogens (tertiary/aromatic N) is 3. The molecule has 114 valence electrons. The SMILES string of the molecule is COCCn1cc(NS(=O)(=O)c2cccnc2NN)cn1. The third-order valence-corrected chi connectivity index (χ3v) is 4.02. The van der Waals surface area contributed by atoms with Crippen molar-refractivity contribution in [1.29, 1.82) is 0 Å². The molecule has 0 aliphatic carbocycles. The van der Waals surface area contributed by atoms with Crippen LogP contribution in [-0.4, -0.2) is 36.9 Å². The number of hydrogen-bond donors (Lipinski definition) is 3. The summed E-state index contributed by atoms with van der Waals surface area (Å²) in [6.07, 6.45) is 4.43. The Labute approximate surface area is 122 Å². The Morgan fingerprint density at radius 3 is 3.00 bits per heavy atom. The predicted molar refractivity (Wildman–Crippen MR) is 77.0 cm³/mol. The van der Waals surface area contributed by atoms with E-state index in [1.54, 1.807) is 18.0 Å². The maximum Gasteiger partial charge on any atom is 0.265 e.